The highest BCUT2D eigenvalue weighted by Gasteiger charge is 2.10. The number of hydrogen-bond donors (Lipinski definition) is 1. The van der Waals surface area contributed by atoms with Gasteiger partial charge < -0.3 is 5.32 Å². The summed E-state index contributed by atoms with van der Waals surface area (Å²) in [5, 5.41) is 6.04. The molecule has 4 rings (SSSR count). The van der Waals surface area contributed by atoms with Gasteiger partial charge in [0.15, 0.2) is 0 Å². The molecule has 0 bridgehead atoms. The Morgan fingerprint density at radius 1 is 0.966 bits per heavy atom. The van der Waals surface area contributed by atoms with Crippen LogP contribution in [0.25, 0.3) is 21.8 Å². The van der Waals surface area contributed by atoms with Crippen LogP contribution in [0.2, 0.25) is 0 Å². The number of carbonyl (C=O) groups excluding carboxylic acids is 1. The van der Waals surface area contributed by atoms with E-state index in [9.17, 15) is 4.79 Å². The van der Waals surface area contributed by atoms with Crippen molar-refractivity contribution in [3.05, 3.63) is 99.3 Å². The molecule has 0 aliphatic heterocycles. The van der Waals surface area contributed by atoms with Crippen LogP contribution in [-0.2, 0) is 6.54 Å². The Morgan fingerprint density at radius 3 is 2.38 bits per heavy atom. The molecule has 0 fully saturated rings. The van der Waals surface area contributed by atoms with Gasteiger partial charge in [0.25, 0.3) is 5.91 Å². The Morgan fingerprint density at radius 2 is 1.66 bits per heavy atom. The predicted octanol–water partition coefficient (Wildman–Crippen LogP) is 6.48. The van der Waals surface area contributed by atoms with Crippen molar-refractivity contribution in [3.8, 4) is 21.8 Å². The smallest absolute Gasteiger partial charge is 0.252 e. The first-order valence-electron chi connectivity index (χ1n) is 9.25. The van der Waals surface area contributed by atoms with Crippen molar-refractivity contribution >= 4 is 33.2 Å². The first kappa shape index (κ1) is 19.6. The van der Waals surface area contributed by atoms with E-state index in [0.29, 0.717) is 12.1 Å². The molecule has 1 heterocycles. The summed E-state index contributed by atoms with van der Waals surface area (Å²) in [6, 6.07) is 24.0. The number of benzene rings is 3. The van der Waals surface area contributed by atoms with Gasteiger partial charge in [-0.1, -0.05) is 66.2 Å². The van der Waals surface area contributed by atoms with Crippen molar-refractivity contribution in [1.29, 1.82) is 0 Å². The number of hydrogen-bond acceptors (Lipinski definition) is 3. The van der Waals surface area contributed by atoms with E-state index in [-0.39, 0.29) is 5.91 Å². The second-order valence-electron chi connectivity index (χ2n) is 6.76. The topological polar surface area (TPSA) is 42.0 Å². The number of rotatable bonds is 5. The van der Waals surface area contributed by atoms with Gasteiger partial charge in [0.2, 0.25) is 0 Å². The van der Waals surface area contributed by atoms with Crippen molar-refractivity contribution in [2.75, 3.05) is 0 Å². The summed E-state index contributed by atoms with van der Waals surface area (Å²) in [6.45, 7) is 2.56. The normalized spacial score (nSPS) is 10.7. The summed E-state index contributed by atoms with van der Waals surface area (Å²) >= 11 is 5.05. The van der Waals surface area contributed by atoms with Crippen molar-refractivity contribution in [2.24, 2.45) is 0 Å². The minimum atomic E-state index is -0.0933. The first-order valence-corrected chi connectivity index (χ1v) is 10.9. The van der Waals surface area contributed by atoms with E-state index < -0.39 is 0 Å². The molecule has 0 aliphatic carbocycles. The van der Waals surface area contributed by atoms with Crippen LogP contribution in [0.5, 0.6) is 0 Å². The minimum Gasteiger partial charge on any atom is -0.348 e. The van der Waals surface area contributed by atoms with Gasteiger partial charge >= 0.3 is 0 Å². The second-order valence-corrected chi connectivity index (χ2v) is 8.48. The van der Waals surface area contributed by atoms with Gasteiger partial charge in [0, 0.05) is 27.5 Å². The molecule has 4 aromatic rings. The molecule has 0 radical (unpaired) electrons. The Hall–Kier alpha value is -2.76. The molecule has 0 saturated heterocycles. The summed E-state index contributed by atoms with van der Waals surface area (Å²) in [5.41, 5.74) is 6.13. The summed E-state index contributed by atoms with van der Waals surface area (Å²) in [7, 11) is 0. The number of amides is 1. The molecule has 0 unspecified atom stereocenters. The Kier molecular flexibility index (Phi) is 5.88. The van der Waals surface area contributed by atoms with Gasteiger partial charge in [-0.3, -0.25) is 4.79 Å². The average Bonchev–Trinajstić information content (AvgIpc) is 3.23. The van der Waals surface area contributed by atoms with Crippen LogP contribution >= 0.6 is 27.3 Å². The molecule has 3 nitrogen and oxygen atoms in total. The molecule has 1 amide bonds. The maximum Gasteiger partial charge on any atom is 0.252 e. The minimum absolute atomic E-state index is 0.0933. The maximum atomic E-state index is 12.3. The van der Waals surface area contributed by atoms with Crippen molar-refractivity contribution in [1.82, 2.24) is 10.3 Å². The number of aromatic nitrogens is 1. The zero-order valence-electron chi connectivity index (χ0n) is 15.9. The molecule has 1 aromatic heterocycles. The zero-order valence-corrected chi connectivity index (χ0v) is 18.3. The number of halogens is 1. The van der Waals surface area contributed by atoms with Gasteiger partial charge in [-0.2, -0.15) is 0 Å². The zero-order chi connectivity index (χ0) is 20.2. The molecule has 3 aromatic carbocycles. The molecular formula is C24H19BrN2OS. The molecule has 29 heavy (non-hydrogen) atoms. The fourth-order valence-corrected chi connectivity index (χ4v) is 4.25. The lowest BCUT2D eigenvalue weighted by molar-refractivity contribution is 0.0950. The summed E-state index contributed by atoms with van der Waals surface area (Å²) < 4.78 is 0.793. The van der Waals surface area contributed by atoms with Gasteiger partial charge in [0.1, 0.15) is 5.01 Å². The molecule has 0 atom stereocenters. The molecule has 0 aliphatic rings. The quantitative estimate of drug-likeness (QED) is 0.368. The predicted molar refractivity (Wildman–Crippen MR) is 123 cm³/mol. The largest absolute Gasteiger partial charge is 0.348 e. The van der Waals surface area contributed by atoms with E-state index in [1.807, 2.05) is 30.3 Å². The third-order valence-electron chi connectivity index (χ3n) is 4.62. The van der Waals surface area contributed by atoms with E-state index >= 15 is 0 Å². The van der Waals surface area contributed by atoms with Gasteiger partial charge in [-0.05, 0) is 40.5 Å². The molecule has 144 valence electrons. The van der Waals surface area contributed by atoms with E-state index in [1.165, 1.54) is 5.56 Å². The van der Waals surface area contributed by atoms with Crippen LogP contribution in [0.15, 0.2) is 82.6 Å². The van der Waals surface area contributed by atoms with Crippen LogP contribution < -0.4 is 5.32 Å². The van der Waals surface area contributed by atoms with E-state index in [2.05, 4.69) is 69.9 Å². The summed E-state index contributed by atoms with van der Waals surface area (Å²) in [4.78, 5) is 17.1. The molecular weight excluding hydrogens is 444 g/mol. The number of aryl methyl sites for hydroxylation is 1. The van der Waals surface area contributed by atoms with Crippen LogP contribution in [0.1, 0.15) is 21.5 Å². The lowest BCUT2D eigenvalue weighted by Gasteiger charge is -2.07. The summed E-state index contributed by atoms with van der Waals surface area (Å²) in [5.74, 6) is -0.0933. The van der Waals surface area contributed by atoms with E-state index in [1.54, 1.807) is 17.4 Å². The standard InChI is InChI=1S/C24H19BrN2OS/c1-16-6-10-18(11-7-16)22-15-29-24(27-22)19-12-8-17(9-13-19)14-26-23(28)20-4-2-3-5-21(20)25/h2-13,15H,14H2,1H3,(H,26,28). The monoisotopic (exact) mass is 462 g/mol. The lowest BCUT2D eigenvalue weighted by atomic mass is 10.1. The highest BCUT2D eigenvalue weighted by Crippen LogP contribution is 2.29. The lowest BCUT2D eigenvalue weighted by Crippen LogP contribution is -2.23. The Bertz CT molecular complexity index is 1130. The fraction of sp³-hybridized carbons (Fsp3) is 0.0833. The number of nitrogens with zero attached hydrogens (tertiary/aromatic N) is 1. The fourth-order valence-electron chi connectivity index (χ4n) is 2.95. The summed E-state index contributed by atoms with van der Waals surface area (Å²) in [6.07, 6.45) is 0. The molecule has 1 N–H and O–H groups in total. The van der Waals surface area contributed by atoms with Crippen LogP contribution in [0.4, 0.5) is 0 Å². The maximum absolute atomic E-state index is 12.3. The highest BCUT2D eigenvalue weighted by atomic mass is 79.9. The third-order valence-corrected chi connectivity index (χ3v) is 6.21. The first-order chi connectivity index (χ1) is 14.1. The third kappa shape index (κ3) is 4.63. The van der Waals surface area contributed by atoms with E-state index in [0.717, 1.165) is 31.9 Å². The van der Waals surface area contributed by atoms with Crippen LogP contribution in [-0.4, -0.2) is 10.9 Å². The van der Waals surface area contributed by atoms with Gasteiger partial charge in [-0.15, -0.1) is 11.3 Å². The molecule has 5 heteroatoms. The second kappa shape index (κ2) is 8.72. The number of thiazole rings is 1. The Balaban J connectivity index is 1.42. The van der Waals surface area contributed by atoms with Crippen molar-refractivity contribution < 1.29 is 4.79 Å². The SMILES string of the molecule is Cc1ccc(-c2csc(-c3ccc(CNC(=O)c4ccccc4Br)cc3)n2)cc1. The number of carbonyl (C=O) groups is 1. The van der Waals surface area contributed by atoms with E-state index in [4.69, 9.17) is 4.98 Å². The highest BCUT2D eigenvalue weighted by molar-refractivity contribution is 9.10. The Labute approximate surface area is 182 Å². The average molecular weight is 463 g/mol. The van der Waals surface area contributed by atoms with Gasteiger partial charge in [-0.25, -0.2) is 4.98 Å². The van der Waals surface area contributed by atoms with Gasteiger partial charge in [0.05, 0.1) is 11.3 Å². The molecule has 0 spiro atoms. The number of nitrogens with one attached hydrogen (secondary N) is 1. The van der Waals surface area contributed by atoms with Crippen LogP contribution in [0, 0.1) is 6.92 Å². The van der Waals surface area contributed by atoms with Crippen molar-refractivity contribution in [3.63, 3.8) is 0 Å². The van der Waals surface area contributed by atoms with Crippen molar-refractivity contribution in [2.45, 2.75) is 13.5 Å². The molecule has 0 saturated carbocycles. The van der Waals surface area contributed by atoms with Crippen LogP contribution in [0.3, 0.4) is 0 Å².